The fourth-order valence-electron chi connectivity index (χ4n) is 5.62. The molecule has 3 aromatic rings. The van der Waals surface area contributed by atoms with Crippen LogP contribution in [0, 0.1) is 0 Å². The summed E-state index contributed by atoms with van der Waals surface area (Å²) in [5, 5.41) is 6.95. The molecule has 172 valence electrons. The molecule has 0 radical (unpaired) electrons. The van der Waals surface area contributed by atoms with Crippen molar-refractivity contribution in [3.8, 4) is 17.2 Å². The molecule has 7 rings (SSSR count). The fourth-order valence-corrected chi connectivity index (χ4v) is 5.62. The summed E-state index contributed by atoms with van der Waals surface area (Å²) in [6.45, 7) is 3.01. The summed E-state index contributed by atoms with van der Waals surface area (Å²) in [5.41, 5.74) is 4.08. The summed E-state index contributed by atoms with van der Waals surface area (Å²) >= 11 is 0. The van der Waals surface area contributed by atoms with Crippen LogP contribution < -0.4 is 29.7 Å². The van der Waals surface area contributed by atoms with Gasteiger partial charge in [0.1, 0.15) is 17.8 Å². The lowest BCUT2D eigenvalue weighted by molar-refractivity contribution is -0.122. The highest BCUT2D eigenvalue weighted by molar-refractivity contribution is 6.11. The normalized spacial score (nSPS) is 23.8. The molecule has 0 bridgehead atoms. The van der Waals surface area contributed by atoms with Gasteiger partial charge in [-0.25, -0.2) is 0 Å². The Morgan fingerprint density at radius 1 is 0.971 bits per heavy atom. The molecule has 7 nitrogen and oxygen atoms in total. The maximum atomic E-state index is 14.1. The van der Waals surface area contributed by atoms with Crippen LogP contribution in [-0.2, 0) is 16.8 Å². The van der Waals surface area contributed by atoms with E-state index >= 15 is 0 Å². The quantitative estimate of drug-likeness (QED) is 0.628. The van der Waals surface area contributed by atoms with Crippen molar-refractivity contribution in [2.24, 2.45) is 0 Å². The first-order chi connectivity index (χ1) is 16.7. The number of fused-ring (bicyclic) bond motifs is 5. The van der Waals surface area contributed by atoms with E-state index < -0.39 is 5.41 Å². The molecule has 1 amide bonds. The molecule has 0 saturated carbocycles. The highest BCUT2D eigenvalue weighted by Gasteiger charge is 2.57. The third-order valence-corrected chi connectivity index (χ3v) is 7.37. The van der Waals surface area contributed by atoms with Crippen molar-refractivity contribution in [1.82, 2.24) is 5.32 Å². The van der Waals surface area contributed by atoms with Crippen molar-refractivity contribution in [2.45, 2.75) is 24.4 Å². The second kappa shape index (κ2) is 7.40. The summed E-state index contributed by atoms with van der Waals surface area (Å²) in [6, 6.07) is 20.7. The molecule has 34 heavy (non-hydrogen) atoms. The van der Waals surface area contributed by atoms with Crippen LogP contribution in [0.25, 0.3) is 0 Å². The van der Waals surface area contributed by atoms with Crippen molar-refractivity contribution in [2.75, 3.05) is 36.7 Å². The SMILES string of the molecule is O=C1N(Cc2ccc(NC3CCNC3)cc2)c2ccccc2C12COc1cc3c(cc12)OCO3. The maximum absolute atomic E-state index is 14.1. The van der Waals surface area contributed by atoms with Gasteiger partial charge in [0.2, 0.25) is 12.7 Å². The Hall–Kier alpha value is -3.71. The molecule has 4 heterocycles. The molecule has 3 aromatic carbocycles. The van der Waals surface area contributed by atoms with E-state index in [2.05, 4.69) is 34.9 Å². The van der Waals surface area contributed by atoms with Gasteiger partial charge in [-0.2, -0.15) is 0 Å². The molecular formula is C27H25N3O4. The van der Waals surface area contributed by atoms with Gasteiger partial charge in [-0.15, -0.1) is 0 Å². The minimum absolute atomic E-state index is 0.0329. The van der Waals surface area contributed by atoms with Crippen LogP contribution in [0.2, 0.25) is 0 Å². The van der Waals surface area contributed by atoms with Gasteiger partial charge in [-0.3, -0.25) is 4.79 Å². The van der Waals surface area contributed by atoms with Crippen LogP contribution in [0.15, 0.2) is 60.7 Å². The van der Waals surface area contributed by atoms with E-state index in [9.17, 15) is 4.79 Å². The average Bonchev–Trinajstić information content (AvgIpc) is 3.65. The predicted octanol–water partition coefficient (Wildman–Crippen LogP) is 3.41. The van der Waals surface area contributed by atoms with Crippen LogP contribution in [0.5, 0.6) is 17.2 Å². The number of ether oxygens (including phenoxy) is 3. The van der Waals surface area contributed by atoms with E-state index in [0.717, 1.165) is 47.6 Å². The second-order valence-electron chi connectivity index (χ2n) is 9.34. The number of amides is 1. The van der Waals surface area contributed by atoms with Crippen molar-refractivity contribution >= 4 is 17.3 Å². The van der Waals surface area contributed by atoms with Gasteiger partial charge in [0.15, 0.2) is 11.5 Å². The minimum atomic E-state index is -0.871. The molecule has 2 N–H and O–H groups in total. The molecule has 2 unspecified atom stereocenters. The van der Waals surface area contributed by atoms with Crippen molar-refractivity contribution < 1.29 is 19.0 Å². The standard InChI is InChI=1S/C27H25N3O4/c31-26-27(15-32-23-12-25-24(11-21(23)27)33-16-34-25)20-3-1-2-4-22(20)30(26)14-17-5-7-18(8-6-17)29-19-9-10-28-13-19/h1-8,11-12,19,28-29H,9-10,13-16H2. The van der Waals surface area contributed by atoms with Gasteiger partial charge in [0.05, 0.1) is 6.54 Å². The van der Waals surface area contributed by atoms with Crippen molar-refractivity contribution in [3.05, 3.63) is 77.4 Å². The summed E-state index contributed by atoms with van der Waals surface area (Å²) in [6.07, 6.45) is 1.13. The zero-order chi connectivity index (χ0) is 22.7. The van der Waals surface area contributed by atoms with Crippen LogP contribution >= 0.6 is 0 Å². The summed E-state index contributed by atoms with van der Waals surface area (Å²) in [7, 11) is 0. The zero-order valence-corrected chi connectivity index (χ0v) is 18.7. The number of benzene rings is 3. The number of hydrogen-bond acceptors (Lipinski definition) is 6. The zero-order valence-electron chi connectivity index (χ0n) is 18.7. The number of para-hydroxylation sites is 1. The van der Waals surface area contributed by atoms with Gasteiger partial charge in [0, 0.05) is 35.6 Å². The molecule has 4 aliphatic heterocycles. The third kappa shape index (κ3) is 2.83. The van der Waals surface area contributed by atoms with E-state index in [4.69, 9.17) is 14.2 Å². The van der Waals surface area contributed by atoms with Gasteiger partial charge in [-0.1, -0.05) is 30.3 Å². The van der Waals surface area contributed by atoms with E-state index in [0.29, 0.717) is 29.8 Å². The van der Waals surface area contributed by atoms with Crippen molar-refractivity contribution in [3.63, 3.8) is 0 Å². The Morgan fingerprint density at radius 2 is 1.79 bits per heavy atom. The Labute approximate surface area is 197 Å². The Morgan fingerprint density at radius 3 is 2.62 bits per heavy atom. The van der Waals surface area contributed by atoms with E-state index in [1.54, 1.807) is 0 Å². The van der Waals surface area contributed by atoms with Crippen LogP contribution in [0.3, 0.4) is 0 Å². The van der Waals surface area contributed by atoms with Gasteiger partial charge in [-0.05, 0) is 48.4 Å². The highest BCUT2D eigenvalue weighted by atomic mass is 16.7. The summed E-state index contributed by atoms with van der Waals surface area (Å²) in [5.74, 6) is 2.04. The summed E-state index contributed by atoms with van der Waals surface area (Å²) in [4.78, 5) is 16.0. The van der Waals surface area contributed by atoms with Crippen LogP contribution in [-0.4, -0.2) is 38.4 Å². The smallest absolute Gasteiger partial charge is 0.246 e. The molecule has 2 atom stereocenters. The number of anilines is 2. The molecule has 1 spiro atoms. The van der Waals surface area contributed by atoms with Crippen LogP contribution in [0.1, 0.15) is 23.1 Å². The number of carbonyl (C=O) groups excluding carboxylic acids is 1. The fraction of sp³-hybridized carbons (Fsp3) is 0.296. The Bertz CT molecular complexity index is 1290. The first kappa shape index (κ1) is 19.7. The molecule has 0 aromatic heterocycles. The first-order valence-corrected chi connectivity index (χ1v) is 11.8. The molecule has 0 aliphatic carbocycles. The second-order valence-corrected chi connectivity index (χ2v) is 9.34. The largest absolute Gasteiger partial charge is 0.491 e. The maximum Gasteiger partial charge on any atom is 0.246 e. The Balaban J connectivity index is 1.22. The topological polar surface area (TPSA) is 72.1 Å². The van der Waals surface area contributed by atoms with E-state index in [-0.39, 0.29) is 19.3 Å². The first-order valence-electron chi connectivity index (χ1n) is 11.8. The molecule has 7 heteroatoms. The summed E-state index contributed by atoms with van der Waals surface area (Å²) < 4.78 is 17.2. The van der Waals surface area contributed by atoms with Gasteiger partial charge in [0.25, 0.3) is 0 Å². The lowest BCUT2D eigenvalue weighted by Crippen LogP contribution is -2.42. The van der Waals surface area contributed by atoms with E-state index in [1.807, 2.05) is 41.3 Å². The van der Waals surface area contributed by atoms with Crippen LogP contribution in [0.4, 0.5) is 11.4 Å². The van der Waals surface area contributed by atoms with Gasteiger partial charge >= 0.3 is 0 Å². The van der Waals surface area contributed by atoms with E-state index in [1.165, 1.54) is 0 Å². The average molecular weight is 456 g/mol. The lowest BCUT2D eigenvalue weighted by Gasteiger charge is -2.23. The highest BCUT2D eigenvalue weighted by Crippen LogP contribution is 2.55. The molecule has 1 fully saturated rings. The number of nitrogens with one attached hydrogen (secondary N) is 2. The molecular weight excluding hydrogens is 430 g/mol. The number of nitrogens with zero attached hydrogens (tertiary/aromatic N) is 1. The number of hydrogen-bond donors (Lipinski definition) is 2. The monoisotopic (exact) mass is 455 g/mol. The molecule has 1 saturated heterocycles. The number of carbonyl (C=O) groups is 1. The lowest BCUT2D eigenvalue weighted by atomic mass is 9.77. The Kier molecular flexibility index (Phi) is 4.29. The predicted molar refractivity (Wildman–Crippen MR) is 128 cm³/mol. The third-order valence-electron chi connectivity index (χ3n) is 7.37. The minimum Gasteiger partial charge on any atom is -0.491 e. The van der Waals surface area contributed by atoms with Crippen molar-refractivity contribution in [1.29, 1.82) is 0 Å². The number of rotatable bonds is 4. The molecule has 4 aliphatic rings. The van der Waals surface area contributed by atoms with Gasteiger partial charge < -0.3 is 29.7 Å².